The summed E-state index contributed by atoms with van der Waals surface area (Å²) in [6, 6.07) is 21.3. The van der Waals surface area contributed by atoms with Crippen LogP contribution in [-0.4, -0.2) is 67.7 Å². The number of nitrogens with zero attached hydrogens (tertiary/aromatic N) is 2. The first kappa shape index (κ1) is 36.4. The van der Waals surface area contributed by atoms with Crippen LogP contribution in [0.15, 0.2) is 78.2 Å². The summed E-state index contributed by atoms with van der Waals surface area (Å²) in [4.78, 5) is 27.1. The highest BCUT2D eigenvalue weighted by molar-refractivity contribution is 7.89. The molecule has 3 amide bonds. The molecule has 2 aromatic heterocycles. The third-order valence-electron chi connectivity index (χ3n) is 7.35. The molecule has 1 aliphatic rings. The first-order valence-electron chi connectivity index (χ1n) is 14.7. The van der Waals surface area contributed by atoms with Crippen molar-refractivity contribution in [2.45, 2.75) is 38.4 Å². The van der Waals surface area contributed by atoms with Gasteiger partial charge in [0.1, 0.15) is 0 Å². The molecule has 8 nitrogen and oxygen atoms in total. The normalized spacial score (nSPS) is 14.2. The molecule has 2 aromatic carbocycles. The number of alkyl halides is 3. The Morgan fingerprint density at radius 1 is 0.915 bits per heavy atom. The number of benzene rings is 2. The Hall–Kier alpha value is -3.43. The van der Waals surface area contributed by atoms with Gasteiger partial charge in [0.25, 0.3) is 0 Å². The fourth-order valence-corrected chi connectivity index (χ4v) is 8.14. The Balaban J connectivity index is 0.000000238. The average molecular weight is 727 g/mol. The number of thiophene rings is 2. The highest BCUT2D eigenvalue weighted by atomic mass is 35.5. The fourth-order valence-electron chi connectivity index (χ4n) is 4.82. The summed E-state index contributed by atoms with van der Waals surface area (Å²) in [5, 5.41) is 6.62. The average Bonchev–Trinajstić information content (AvgIpc) is 3.74. The largest absolute Gasteiger partial charge is 0.471 e. The fraction of sp³-hybridized carbons (Fsp3) is 0.312. The lowest BCUT2D eigenvalue weighted by atomic mass is 10.1. The molecule has 0 unspecified atom stereocenters. The number of hydrogen-bond donors (Lipinski definition) is 2. The van der Waals surface area contributed by atoms with Gasteiger partial charge in [0.05, 0.1) is 10.1 Å². The zero-order valence-corrected chi connectivity index (χ0v) is 28.8. The van der Waals surface area contributed by atoms with Crippen molar-refractivity contribution in [2.75, 3.05) is 36.5 Å². The molecule has 0 radical (unpaired) electrons. The van der Waals surface area contributed by atoms with E-state index in [-0.39, 0.29) is 23.5 Å². The van der Waals surface area contributed by atoms with Gasteiger partial charge >= 0.3 is 18.1 Å². The molecule has 3 heterocycles. The van der Waals surface area contributed by atoms with Crippen LogP contribution in [0.5, 0.6) is 0 Å². The minimum absolute atomic E-state index is 0.0237. The van der Waals surface area contributed by atoms with E-state index in [1.165, 1.54) is 34.8 Å². The summed E-state index contributed by atoms with van der Waals surface area (Å²) in [5.41, 5.74) is 2.79. The van der Waals surface area contributed by atoms with Crippen molar-refractivity contribution in [2.24, 2.45) is 0 Å². The zero-order chi connectivity index (χ0) is 34.2. The van der Waals surface area contributed by atoms with E-state index in [4.69, 9.17) is 11.6 Å². The standard InChI is InChI=1S/C20H26ClN3O3S2.C12H8F3NOS/c1-3-14-29(26,27)24-12-10-17(11-13-24)23(2)20(25)22-16-6-4-15(5-7-16)18-8-9-19(21)28-18;13-12(14,15)11(17)16-9-5-3-8(4-6-9)10-2-1-7-18-10/h4-9,17H,3,10-14H2,1-2H3,(H,22,25);1-7H,(H,16,17). The van der Waals surface area contributed by atoms with E-state index in [0.29, 0.717) is 32.4 Å². The summed E-state index contributed by atoms with van der Waals surface area (Å²) >= 11 is 9.03. The van der Waals surface area contributed by atoms with E-state index in [1.54, 1.807) is 33.7 Å². The molecular weight excluding hydrogens is 693 g/mol. The van der Waals surface area contributed by atoms with Crippen LogP contribution >= 0.6 is 34.3 Å². The number of anilines is 2. The van der Waals surface area contributed by atoms with Gasteiger partial charge in [-0.2, -0.15) is 13.2 Å². The number of halogens is 4. The molecular formula is C32H34ClF3N4O4S3. The zero-order valence-electron chi connectivity index (χ0n) is 25.6. The van der Waals surface area contributed by atoms with Crippen LogP contribution < -0.4 is 10.6 Å². The maximum Gasteiger partial charge on any atom is 0.471 e. The number of rotatable bonds is 8. The monoisotopic (exact) mass is 726 g/mol. The van der Waals surface area contributed by atoms with Gasteiger partial charge in [-0.3, -0.25) is 4.79 Å². The number of urea groups is 1. The Morgan fingerprint density at radius 3 is 1.98 bits per heavy atom. The Kier molecular flexibility index (Phi) is 12.5. The summed E-state index contributed by atoms with van der Waals surface area (Å²) < 4.78 is 62.8. The van der Waals surface area contributed by atoms with E-state index in [9.17, 15) is 31.2 Å². The number of amides is 3. The van der Waals surface area contributed by atoms with Gasteiger partial charge in [-0.1, -0.05) is 48.9 Å². The van der Waals surface area contributed by atoms with Crippen molar-refractivity contribution in [3.8, 4) is 20.9 Å². The first-order chi connectivity index (χ1) is 22.3. The van der Waals surface area contributed by atoms with E-state index < -0.39 is 22.1 Å². The summed E-state index contributed by atoms with van der Waals surface area (Å²) in [6.07, 6.45) is -2.97. The smallest absolute Gasteiger partial charge is 0.325 e. The molecule has 1 saturated heterocycles. The van der Waals surface area contributed by atoms with E-state index in [2.05, 4.69) is 5.32 Å². The maximum absolute atomic E-state index is 12.6. The lowest BCUT2D eigenvalue weighted by Gasteiger charge is -2.36. The van der Waals surface area contributed by atoms with E-state index in [0.717, 1.165) is 30.9 Å². The summed E-state index contributed by atoms with van der Waals surface area (Å²) in [5.74, 6) is -1.78. The van der Waals surface area contributed by atoms with Gasteiger partial charge in [-0.05, 0) is 78.2 Å². The first-order valence-corrected chi connectivity index (χ1v) is 18.3. The predicted molar refractivity (Wildman–Crippen MR) is 185 cm³/mol. The van der Waals surface area contributed by atoms with Crippen LogP contribution in [0.4, 0.5) is 29.3 Å². The lowest BCUT2D eigenvalue weighted by Crippen LogP contribution is -2.48. The number of carbonyl (C=O) groups excluding carboxylic acids is 2. The van der Waals surface area contributed by atoms with Gasteiger partial charge in [0.15, 0.2) is 0 Å². The second-order valence-electron chi connectivity index (χ2n) is 10.7. The lowest BCUT2D eigenvalue weighted by molar-refractivity contribution is -0.167. The van der Waals surface area contributed by atoms with Crippen molar-refractivity contribution >= 4 is 67.6 Å². The van der Waals surface area contributed by atoms with Gasteiger partial charge in [0.2, 0.25) is 10.0 Å². The van der Waals surface area contributed by atoms with Crippen LogP contribution in [0.3, 0.4) is 0 Å². The van der Waals surface area contributed by atoms with Crippen molar-refractivity contribution in [3.63, 3.8) is 0 Å². The summed E-state index contributed by atoms with van der Waals surface area (Å²) in [7, 11) is -1.41. The minimum Gasteiger partial charge on any atom is -0.325 e. The molecule has 5 rings (SSSR count). The van der Waals surface area contributed by atoms with Gasteiger partial charge in [-0.25, -0.2) is 17.5 Å². The van der Waals surface area contributed by atoms with E-state index in [1.807, 2.05) is 60.8 Å². The van der Waals surface area contributed by atoms with Gasteiger partial charge < -0.3 is 15.5 Å². The highest BCUT2D eigenvalue weighted by Crippen LogP contribution is 2.32. The molecule has 1 fully saturated rings. The Labute approximate surface area is 285 Å². The molecule has 4 aromatic rings. The molecule has 252 valence electrons. The SMILES string of the molecule is CCCS(=O)(=O)N1CCC(N(C)C(=O)Nc2ccc(-c3ccc(Cl)s3)cc2)CC1.O=C(Nc1ccc(-c2cccs2)cc1)C(F)(F)F. The quantitative estimate of drug-likeness (QED) is 0.190. The van der Waals surface area contributed by atoms with Crippen LogP contribution in [0, 0.1) is 0 Å². The molecule has 0 aliphatic carbocycles. The third kappa shape index (κ3) is 10.3. The van der Waals surface area contributed by atoms with Crippen LogP contribution in [0.1, 0.15) is 26.2 Å². The Morgan fingerprint density at radius 2 is 1.49 bits per heavy atom. The van der Waals surface area contributed by atoms with Crippen LogP contribution in [0.25, 0.3) is 20.9 Å². The molecule has 1 aliphatic heterocycles. The Bertz CT molecular complexity index is 1720. The molecule has 2 N–H and O–H groups in total. The van der Waals surface area contributed by atoms with Crippen molar-refractivity contribution in [1.82, 2.24) is 9.21 Å². The number of nitrogens with one attached hydrogen (secondary N) is 2. The second kappa shape index (κ2) is 16.1. The van der Waals surface area contributed by atoms with E-state index >= 15 is 0 Å². The second-order valence-corrected chi connectivity index (χ2v) is 15.4. The maximum atomic E-state index is 12.6. The molecule has 47 heavy (non-hydrogen) atoms. The number of hydrogen-bond acceptors (Lipinski definition) is 6. The van der Waals surface area contributed by atoms with Crippen molar-refractivity contribution in [3.05, 3.63) is 82.5 Å². The van der Waals surface area contributed by atoms with Gasteiger partial charge in [0, 0.05) is 47.3 Å². The topological polar surface area (TPSA) is 98.8 Å². The molecule has 15 heteroatoms. The van der Waals surface area contributed by atoms with Crippen LogP contribution in [0.2, 0.25) is 4.34 Å². The molecule has 0 saturated carbocycles. The number of piperidine rings is 1. The van der Waals surface area contributed by atoms with Crippen molar-refractivity contribution in [1.29, 1.82) is 0 Å². The van der Waals surface area contributed by atoms with Crippen LogP contribution in [-0.2, 0) is 14.8 Å². The van der Waals surface area contributed by atoms with Crippen molar-refractivity contribution < 1.29 is 31.2 Å². The molecule has 0 atom stereocenters. The molecule has 0 spiro atoms. The third-order valence-corrected chi connectivity index (χ3v) is 11.6. The predicted octanol–water partition coefficient (Wildman–Crippen LogP) is 8.65. The number of sulfonamides is 1. The minimum atomic E-state index is -4.87. The van der Waals surface area contributed by atoms with Gasteiger partial charge in [-0.15, -0.1) is 22.7 Å². The molecule has 0 bridgehead atoms. The number of carbonyl (C=O) groups is 2. The summed E-state index contributed by atoms with van der Waals surface area (Å²) in [6.45, 7) is 2.79. The highest BCUT2D eigenvalue weighted by Gasteiger charge is 2.38.